The van der Waals surface area contributed by atoms with E-state index in [0.29, 0.717) is 18.8 Å². The van der Waals surface area contributed by atoms with Crippen molar-refractivity contribution in [1.82, 2.24) is 15.4 Å². The Hall–Kier alpha value is -2.67. The van der Waals surface area contributed by atoms with Crippen molar-refractivity contribution in [1.29, 1.82) is 0 Å². The minimum Gasteiger partial charge on any atom is -0.372 e. The molecule has 2 aromatic rings. The lowest BCUT2D eigenvalue weighted by atomic mass is 10.1. The van der Waals surface area contributed by atoms with E-state index < -0.39 is 5.91 Å². The van der Waals surface area contributed by atoms with Gasteiger partial charge in [0.05, 0.1) is 18.8 Å². The lowest BCUT2D eigenvalue weighted by Crippen LogP contribution is -2.51. The summed E-state index contributed by atoms with van der Waals surface area (Å²) in [4.78, 5) is 26.1. The number of carbonyl (C=O) groups excluding carboxylic acids is 2. The maximum Gasteiger partial charge on any atom is 0.273 e. The molecule has 2 atom stereocenters. The molecule has 132 valence electrons. The van der Waals surface area contributed by atoms with Gasteiger partial charge in [0.25, 0.3) is 5.91 Å². The van der Waals surface area contributed by atoms with Gasteiger partial charge in [-0.3, -0.25) is 9.59 Å². The molecule has 0 spiro atoms. The molecule has 0 radical (unpaired) electrons. The fourth-order valence-electron chi connectivity index (χ4n) is 2.86. The number of amides is 2. The van der Waals surface area contributed by atoms with Crippen LogP contribution in [0.2, 0.25) is 0 Å². The monoisotopic (exact) mass is 343 g/mol. The Bertz CT molecular complexity index is 734. The Morgan fingerprint density at radius 3 is 2.56 bits per heavy atom. The van der Waals surface area contributed by atoms with E-state index in [1.807, 2.05) is 44.2 Å². The van der Waals surface area contributed by atoms with Gasteiger partial charge in [0, 0.05) is 24.7 Å². The molecule has 1 aromatic heterocycles. The summed E-state index contributed by atoms with van der Waals surface area (Å²) in [5, 5.41) is 6.37. The van der Waals surface area contributed by atoms with Gasteiger partial charge in [-0.25, -0.2) is 0 Å². The molecule has 1 aliphatic rings. The molecule has 7 heteroatoms. The summed E-state index contributed by atoms with van der Waals surface area (Å²) >= 11 is 0. The Labute approximate surface area is 145 Å². The Morgan fingerprint density at radius 1 is 1.20 bits per heavy atom. The largest absolute Gasteiger partial charge is 0.372 e. The highest BCUT2D eigenvalue weighted by Gasteiger charge is 2.26. The van der Waals surface area contributed by atoms with E-state index in [1.54, 1.807) is 11.0 Å². The van der Waals surface area contributed by atoms with E-state index in [0.717, 1.165) is 5.56 Å². The van der Waals surface area contributed by atoms with Gasteiger partial charge in [-0.1, -0.05) is 35.5 Å². The molecular formula is C18H21N3O4. The number of morpholine rings is 1. The lowest BCUT2D eigenvalue weighted by Gasteiger charge is -2.35. The highest BCUT2D eigenvalue weighted by atomic mass is 16.5. The summed E-state index contributed by atoms with van der Waals surface area (Å²) in [6.07, 6.45) is -0.0141. The molecule has 2 heterocycles. The molecule has 1 aliphatic heterocycles. The fraction of sp³-hybridized carbons (Fsp3) is 0.389. The number of ether oxygens (including phenoxy) is 1. The fourth-order valence-corrected chi connectivity index (χ4v) is 2.86. The van der Waals surface area contributed by atoms with Crippen molar-refractivity contribution >= 4 is 11.8 Å². The minimum atomic E-state index is -0.436. The number of hydrogen-bond donors (Lipinski definition) is 1. The molecule has 0 saturated carbocycles. The molecule has 0 bridgehead atoms. The standard InChI is InChI=1S/C18H21N3O4/c1-12-10-21(11-13(2)24-12)17(22)9-19-18(23)15-8-16(25-20-15)14-6-4-3-5-7-14/h3-8,12-13H,9-11H2,1-2H3,(H,19,23)/t12-,13+. The molecule has 1 fully saturated rings. The van der Waals surface area contributed by atoms with Gasteiger partial charge in [-0.05, 0) is 13.8 Å². The van der Waals surface area contributed by atoms with Crippen LogP contribution in [0, 0.1) is 0 Å². The zero-order chi connectivity index (χ0) is 17.8. The first-order valence-corrected chi connectivity index (χ1v) is 8.26. The summed E-state index contributed by atoms with van der Waals surface area (Å²) < 4.78 is 10.8. The number of rotatable bonds is 4. The second-order valence-corrected chi connectivity index (χ2v) is 6.18. The van der Waals surface area contributed by atoms with Crippen molar-refractivity contribution in [3.05, 3.63) is 42.1 Å². The highest BCUT2D eigenvalue weighted by Crippen LogP contribution is 2.19. The van der Waals surface area contributed by atoms with Gasteiger partial charge in [0.15, 0.2) is 11.5 Å². The number of nitrogens with zero attached hydrogens (tertiary/aromatic N) is 2. The predicted octanol–water partition coefficient (Wildman–Crippen LogP) is 1.71. The third kappa shape index (κ3) is 4.24. The van der Waals surface area contributed by atoms with E-state index in [1.165, 1.54) is 0 Å². The molecule has 1 N–H and O–H groups in total. The smallest absolute Gasteiger partial charge is 0.273 e. The number of aromatic nitrogens is 1. The first kappa shape index (κ1) is 17.2. The average Bonchev–Trinajstić information content (AvgIpc) is 3.09. The van der Waals surface area contributed by atoms with Crippen LogP contribution in [0.25, 0.3) is 11.3 Å². The van der Waals surface area contributed by atoms with Crippen LogP contribution in [-0.4, -0.2) is 53.7 Å². The van der Waals surface area contributed by atoms with Crippen LogP contribution >= 0.6 is 0 Å². The van der Waals surface area contributed by atoms with Gasteiger partial charge in [-0.15, -0.1) is 0 Å². The molecule has 3 rings (SSSR count). The SMILES string of the molecule is C[C@@H]1CN(C(=O)CNC(=O)c2cc(-c3ccccc3)on2)C[C@H](C)O1. The van der Waals surface area contributed by atoms with Crippen LogP contribution in [0.15, 0.2) is 40.9 Å². The minimum absolute atomic E-state index is 0.00706. The van der Waals surface area contributed by atoms with Crippen molar-refractivity contribution in [3.63, 3.8) is 0 Å². The van der Waals surface area contributed by atoms with Crippen LogP contribution in [0.5, 0.6) is 0 Å². The molecule has 1 saturated heterocycles. The highest BCUT2D eigenvalue weighted by molar-refractivity contribution is 5.95. The Kier molecular flexibility index (Phi) is 5.14. The van der Waals surface area contributed by atoms with E-state index in [-0.39, 0.29) is 30.4 Å². The third-order valence-electron chi connectivity index (χ3n) is 3.97. The van der Waals surface area contributed by atoms with Gasteiger partial charge >= 0.3 is 0 Å². The summed E-state index contributed by atoms with van der Waals surface area (Å²) in [7, 11) is 0. The van der Waals surface area contributed by atoms with E-state index in [9.17, 15) is 9.59 Å². The topological polar surface area (TPSA) is 84.7 Å². The number of benzene rings is 1. The van der Waals surface area contributed by atoms with Gasteiger partial charge < -0.3 is 19.5 Å². The zero-order valence-corrected chi connectivity index (χ0v) is 14.3. The van der Waals surface area contributed by atoms with Crippen molar-refractivity contribution in [2.75, 3.05) is 19.6 Å². The van der Waals surface area contributed by atoms with Crippen LogP contribution in [0.4, 0.5) is 0 Å². The van der Waals surface area contributed by atoms with Crippen molar-refractivity contribution < 1.29 is 18.8 Å². The maximum absolute atomic E-state index is 12.3. The summed E-state index contributed by atoms with van der Waals surface area (Å²) in [6, 6.07) is 10.9. The van der Waals surface area contributed by atoms with Crippen LogP contribution in [0.1, 0.15) is 24.3 Å². The average molecular weight is 343 g/mol. The van der Waals surface area contributed by atoms with Gasteiger partial charge in [-0.2, -0.15) is 0 Å². The maximum atomic E-state index is 12.3. The van der Waals surface area contributed by atoms with Crippen LogP contribution in [0.3, 0.4) is 0 Å². The number of hydrogen-bond acceptors (Lipinski definition) is 5. The Balaban J connectivity index is 1.56. The third-order valence-corrected chi connectivity index (χ3v) is 3.97. The van der Waals surface area contributed by atoms with Crippen LogP contribution in [-0.2, 0) is 9.53 Å². The summed E-state index contributed by atoms with van der Waals surface area (Å²) in [5.41, 5.74) is 0.983. The van der Waals surface area contributed by atoms with E-state index in [2.05, 4.69) is 10.5 Å². The van der Waals surface area contributed by atoms with Crippen molar-refractivity contribution in [2.45, 2.75) is 26.1 Å². The second kappa shape index (κ2) is 7.48. The first-order valence-electron chi connectivity index (χ1n) is 8.26. The zero-order valence-electron chi connectivity index (χ0n) is 14.3. The molecular weight excluding hydrogens is 322 g/mol. The molecule has 25 heavy (non-hydrogen) atoms. The molecule has 0 aliphatic carbocycles. The number of carbonyl (C=O) groups is 2. The molecule has 1 aromatic carbocycles. The number of nitrogens with one attached hydrogen (secondary N) is 1. The van der Waals surface area contributed by atoms with Gasteiger partial charge in [0.2, 0.25) is 5.91 Å². The lowest BCUT2D eigenvalue weighted by molar-refractivity contribution is -0.142. The normalized spacial score (nSPS) is 20.3. The summed E-state index contributed by atoms with van der Waals surface area (Å²) in [5.74, 6) is -0.0660. The quantitative estimate of drug-likeness (QED) is 0.913. The van der Waals surface area contributed by atoms with Crippen LogP contribution < -0.4 is 5.32 Å². The molecule has 2 amide bonds. The van der Waals surface area contributed by atoms with Crippen molar-refractivity contribution in [2.24, 2.45) is 0 Å². The second-order valence-electron chi connectivity index (χ2n) is 6.18. The van der Waals surface area contributed by atoms with Gasteiger partial charge in [0.1, 0.15) is 0 Å². The summed E-state index contributed by atoms with van der Waals surface area (Å²) in [6.45, 7) is 4.83. The first-order chi connectivity index (χ1) is 12.0. The molecule has 0 unspecified atom stereocenters. The van der Waals surface area contributed by atoms with Crippen molar-refractivity contribution in [3.8, 4) is 11.3 Å². The Morgan fingerprint density at radius 2 is 1.88 bits per heavy atom. The van der Waals surface area contributed by atoms with E-state index in [4.69, 9.17) is 9.26 Å². The molecule has 7 nitrogen and oxygen atoms in total. The predicted molar refractivity (Wildman–Crippen MR) is 90.9 cm³/mol. The van der Waals surface area contributed by atoms with E-state index >= 15 is 0 Å².